The first-order valence-corrected chi connectivity index (χ1v) is 10.9. The molecule has 1 aromatic heterocycles. The predicted molar refractivity (Wildman–Crippen MR) is 111 cm³/mol. The maximum atomic E-state index is 13.1. The molecule has 1 aromatic carbocycles. The van der Waals surface area contributed by atoms with Gasteiger partial charge >= 0.3 is 0 Å². The minimum atomic E-state index is -0.642. The first-order chi connectivity index (χ1) is 14.1. The topological polar surface area (TPSA) is 75.7 Å². The van der Waals surface area contributed by atoms with Crippen molar-refractivity contribution in [3.63, 3.8) is 0 Å². The molecule has 2 saturated heterocycles. The van der Waals surface area contributed by atoms with Crippen LogP contribution < -0.4 is 5.32 Å². The monoisotopic (exact) mass is 412 g/mol. The number of benzene rings is 1. The largest absolute Gasteiger partial charge is 0.368 e. The zero-order valence-corrected chi connectivity index (χ0v) is 17.1. The normalized spacial score (nSPS) is 21.8. The van der Waals surface area contributed by atoms with Gasteiger partial charge in [0.2, 0.25) is 5.91 Å². The summed E-state index contributed by atoms with van der Waals surface area (Å²) in [5, 5.41) is 4.89. The van der Waals surface area contributed by atoms with Gasteiger partial charge in [-0.2, -0.15) is 0 Å². The smallest absolute Gasteiger partial charge is 0.251 e. The zero-order valence-electron chi connectivity index (χ0n) is 16.3. The maximum Gasteiger partial charge on any atom is 0.251 e. The molecule has 3 atom stereocenters. The van der Waals surface area contributed by atoms with Crippen molar-refractivity contribution in [1.82, 2.24) is 10.2 Å². The van der Waals surface area contributed by atoms with Gasteiger partial charge < -0.3 is 15.0 Å². The van der Waals surface area contributed by atoms with E-state index in [0.29, 0.717) is 24.9 Å². The fourth-order valence-corrected chi connectivity index (χ4v) is 4.79. The molecule has 4 rings (SSSR count). The molecule has 2 amide bonds. The second kappa shape index (κ2) is 8.47. The summed E-state index contributed by atoms with van der Waals surface area (Å²) in [5.41, 5.74) is 1.57. The summed E-state index contributed by atoms with van der Waals surface area (Å²) < 4.78 is 5.47. The average molecular weight is 413 g/mol. The summed E-state index contributed by atoms with van der Waals surface area (Å²) in [7, 11) is 0. The highest BCUT2D eigenvalue weighted by molar-refractivity contribution is 7.13. The second-order valence-electron chi connectivity index (χ2n) is 7.45. The Hall–Kier alpha value is -2.51. The van der Waals surface area contributed by atoms with Crippen LogP contribution in [0.25, 0.3) is 10.4 Å². The molecule has 0 aliphatic carbocycles. The SMILES string of the molecule is CCCC(NC(=O)c1ccc(-c2cccs2)cc1)C(=O)N1CCC2OCC(=O)C21. The van der Waals surface area contributed by atoms with Crippen molar-refractivity contribution in [1.29, 1.82) is 0 Å². The van der Waals surface area contributed by atoms with Crippen LogP contribution in [0.4, 0.5) is 0 Å². The molecule has 7 heteroatoms. The van der Waals surface area contributed by atoms with Crippen LogP contribution in [0.1, 0.15) is 36.5 Å². The van der Waals surface area contributed by atoms with Crippen LogP contribution in [0.3, 0.4) is 0 Å². The molecule has 2 aromatic rings. The van der Waals surface area contributed by atoms with E-state index in [0.717, 1.165) is 16.9 Å². The van der Waals surface area contributed by atoms with E-state index in [4.69, 9.17) is 4.74 Å². The predicted octanol–water partition coefficient (Wildman–Crippen LogP) is 2.88. The third-order valence-corrected chi connectivity index (χ3v) is 6.45. The first-order valence-electron chi connectivity index (χ1n) is 9.98. The van der Waals surface area contributed by atoms with Gasteiger partial charge in [0.05, 0.1) is 6.10 Å². The van der Waals surface area contributed by atoms with Gasteiger partial charge in [0, 0.05) is 17.0 Å². The Labute approximate surface area is 173 Å². The van der Waals surface area contributed by atoms with E-state index in [2.05, 4.69) is 5.32 Å². The van der Waals surface area contributed by atoms with Crippen LogP contribution in [-0.2, 0) is 14.3 Å². The number of rotatable bonds is 6. The van der Waals surface area contributed by atoms with E-state index >= 15 is 0 Å². The molecule has 0 radical (unpaired) electrons. The Morgan fingerprint density at radius 1 is 1.28 bits per heavy atom. The number of ketones is 1. The van der Waals surface area contributed by atoms with Crippen LogP contribution in [0.15, 0.2) is 41.8 Å². The Bertz CT molecular complexity index is 894. The number of thiophene rings is 1. The van der Waals surface area contributed by atoms with Crippen molar-refractivity contribution in [2.24, 2.45) is 0 Å². The van der Waals surface area contributed by atoms with Crippen molar-refractivity contribution in [3.05, 3.63) is 47.3 Å². The third kappa shape index (κ3) is 3.97. The Balaban J connectivity index is 1.45. The lowest BCUT2D eigenvalue weighted by molar-refractivity contribution is -0.138. The molecule has 152 valence electrons. The summed E-state index contributed by atoms with van der Waals surface area (Å²) in [5.74, 6) is -0.521. The molecule has 3 unspecified atom stereocenters. The second-order valence-corrected chi connectivity index (χ2v) is 8.40. The fourth-order valence-electron chi connectivity index (χ4n) is 4.06. The lowest BCUT2D eigenvalue weighted by atomic mass is 10.1. The van der Waals surface area contributed by atoms with Crippen molar-refractivity contribution >= 4 is 28.9 Å². The molecule has 0 bridgehead atoms. The van der Waals surface area contributed by atoms with E-state index in [1.54, 1.807) is 28.4 Å². The lowest BCUT2D eigenvalue weighted by Crippen LogP contribution is -2.52. The van der Waals surface area contributed by atoms with Crippen molar-refractivity contribution in [2.45, 2.75) is 44.4 Å². The van der Waals surface area contributed by atoms with Gasteiger partial charge in [-0.05, 0) is 42.0 Å². The summed E-state index contributed by atoms with van der Waals surface area (Å²) in [4.78, 5) is 40.7. The van der Waals surface area contributed by atoms with Gasteiger partial charge in [-0.3, -0.25) is 14.4 Å². The molecule has 2 aliphatic rings. The number of carbonyl (C=O) groups excluding carboxylic acids is 3. The van der Waals surface area contributed by atoms with Gasteiger partial charge in [-0.1, -0.05) is 31.5 Å². The molecular weight excluding hydrogens is 388 g/mol. The van der Waals surface area contributed by atoms with Gasteiger partial charge in [-0.15, -0.1) is 11.3 Å². The molecule has 0 saturated carbocycles. The standard InChI is InChI=1S/C22H24N2O4S/c1-2-4-16(22(27)24-11-10-18-20(24)17(25)13-28-18)23-21(26)15-8-6-14(7-9-15)19-5-3-12-29-19/h3,5-9,12,16,18,20H,2,4,10-11,13H2,1H3,(H,23,26). The number of likely N-dealkylation sites (tertiary alicyclic amines) is 1. The number of nitrogens with zero attached hydrogens (tertiary/aromatic N) is 1. The van der Waals surface area contributed by atoms with Gasteiger partial charge in [-0.25, -0.2) is 0 Å². The lowest BCUT2D eigenvalue weighted by Gasteiger charge is -2.27. The van der Waals surface area contributed by atoms with E-state index in [9.17, 15) is 14.4 Å². The van der Waals surface area contributed by atoms with Crippen molar-refractivity contribution in [2.75, 3.05) is 13.2 Å². The quantitative estimate of drug-likeness (QED) is 0.792. The van der Waals surface area contributed by atoms with E-state index in [1.165, 1.54) is 0 Å². The first kappa shape index (κ1) is 19.8. The minimum Gasteiger partial charge on any atom is -0.368 e. The number of ether oxygens (including phenoxy) is 1. The molecule has 6 nitrogen and oxygen atoms in total. The molecule has 1 N–H and O–H groups in total. The Morgan fingerprint density at radius 2 is 2.07 bits per heavy atom. The summed E-state index contributed by atoms with van der Waals surface area (Å²) in [6.45, 7) is 2.53. The number of hydrogen-bond acceptors (Lipinski definition) is 5. The number of amides is 2. The van der Waals surface area contributed by atoms with Gasteiger partial charge in [0.1, 0.15) is 18.7 Å². The number of nitrogens with one attached hydrogen (secondary N) is 1. The minimum absolute atomic E-state index is 0.0495. The van der Waals surface area contributed by atoms with E-state index in [1.807, 2.05) is 36.6 Å². The number of carbonyl (C=O) groups is 3. The summed E-state index contributed by atoms with van der Waals surface area (Å²) >= 11 is 1.64. The fraction of sp³-hybridized carbons (Fsp3) is 0.409. The van der Waals surface area contributed by atoms with E-state index < -0.39 is 12.1 Å². The molecular formula is C22H24N2O4S. The molecule has 29 heavy (non-hydrogen) atoms. The Kier molecular flexibility index (Phi) is 5.78. The molecule has 2 aliphatic heterocycles. The number of Topliss-reactive ketones (excluding diaryl/α,β-unsaturated/α-hetero) is 1. The highest BCUT2D eigenvalue weighted by Crippen LogP contribution is 2.28. The number of fused-ring (bicyclic) bond motifs is 1. The third-order valence-electron chi connectivity index (χ3n) is 5.53. The van der Waals surface area contributed by atoms with Crippen LogP contribution >= 0.6 is 11.3 Å². The van der Waals surface area contributed by atoms with Gasteiger partial charge in [0.25, 0.3) is 5.91 Å². The molecule has 0 spiro atoms. The highest BCUT2D eigenvalue weighted by Gasteiger charge is 2.47. The van der Waals surface area contributed by atoms with Crippen LogP contribution in [0.5, 0.6) is 0 Å². The van der Waals surface area contributed by atoms with Crippen LogP contribution in [0.2, 0.25) is 0 Å². The summed E-state index contributed by atoms with van der Waals surface area (Å²) in [6, 6.07) is 10.3. The maximum absolute atomic E-state index is 13.1. The van der Waals surface area contributed by atoms with Crippen molar-refractivity contribution in [3.8, 4) is 10.4 Å². The molecule has 3 heterocycles. The number of hydrogen-bond donors (Lipinski definition) is 1. The molecule has 2 fully saturated rings. The van der Waals surface area contributed by atoms with Crippen LogP contribution in [0, 0.1) is 0 Å². The van der Waals surface area contributed by atoms with Gasteiger partial charge in [0.15, 0.2) is 5.78 Å². The van der Waals surface area contributed by atoms with Crippen molar-refractivity contribution < 1.29 is 19.1 Å². The highest BCUT2D eigenvalue weighted by atomic mass is 32.1. The summed E-state index contributed by atoms with van der Waals surface area (Å²) in [6.07, 6.45) is 1.74. The van der Waals surface area contributed by atoms with E-state index in [-0.39, 0.29) is 30.3 Å². The average Bonchev–Trinajstić information content (AvgIpc) is 3.47. The Morgan fingerprint density at radius 3 is 2.76 bits per heavy atom. The zero-order chi connectivity index (χ0) is 20.4. The van der Waals surface area contributed by atoms with Crippen LogP contribution in [-0.4, -0.2) is 53.8 Å².